The molecule has 3 saturated heterocycles. The van der Waals surface area contributed by atoms with Gasteiger partial charge in [0.1, 0.15) is 17.7 Å². The lowest BCUT2D eigenvalue weighted by Gasteiger charge is -2.34. The molecule has 341 valence electrons. The van der Waals surface area contributed by atoms with Gasteiger partial charge in [0.2, 0.25) is 11.8 Å². The van der Waals surface area contributed by atoms with E-state index in [1.54, 1.807) is 25.5 Å². The van der Waals surface area contributed by atoms with Crippen molar-refractivity contribution in [1.29, 1.82) is 0 Å². The highest BCUT2D eigenvalue weighted by Crippen LogP contribution is 2.48. The predicted molar refractivity (Wildman–Crippen MR) is 248 cm³/mol. The minimum absolute atomic E-state index is 0.00944. The van der Waals surface area contributed by atoms with E-state index in [-0.39, 0.29) is 65.4 Å². The number of likely N-dealkylation sites (tertiary alicyclic amines) is 2. The second-order valence-corrected chi connectivity index (χ2v) is 19.6. The van der Waals surface area contributed by atoms with E-state index in [0.717, 1.165) is 52.0 Å². The van der Waals surface area contributed by atoms with Crippen molar-refractivity contribution in [2.75, 3.05) is 39.3 Å². The van der Waals surface area contributed by atoms with Crippen LogP contribution < -0.4 is 10.2 Å². The van der Waals surface area contributed by atoms with Crippen LogP contribution in [0.4, 0.5) is 10.5 Å². The molecule has 3 amide bonds. The number of carbonyl (C=O) groups excluding carboxylic acids is 3. The summed E-state index contributed by atoms with van der Waals surface area (Å²) in [5.41, 5.74) is 8.29. The number of nitrogens with one attached hydrogen (secondary N) is 3. The van der Waals surface area contributed by atoms with E-state index < -0.39 is 12.1 Å². The third-order valence-corrected chi connectivity index (χ3v) is 13.5. The van der Waals surface area contributed by atoms with Gasteiger partial charge in [-0.15, -0.1) is 0 Å². The fourth-order valence-electron chi connectivity index (χ4n) is 9.98. The summed E-state index contributed by atoms with van der Waals surface area (Å²) in [5, 5.41) is 2.74. The summed E-state index contributed by atoms with van der Waals surface area (Å²) in [4.78, 5) is 63.3. The van der Waals surface area contributed by atoms with Crippen LogP contribution in [0, 0.1) is 18.3 Å². The van der Waals surface area contributed by atoms with Crippen molar-refractivity contribution in [3.63, 3.8) is 0 Å². The lowest BCUT2D eigenvalue weighted by Crippen LogP contribution is -2.51. The molecule has 0 aliphatic carbocycles. The van der Waals surface area contributed by atoms with E-state index in [4.69, 9.17) is 24.2 Å². The summed E-state index contributed by atoms with van der Waals surface area (Å²) >= 11 is 0. The number of anilines is 1. The highest BCUT2D eigenvalue weighted by atomic mass is 16.5. The molecule has 1 radical (unpaired) electrons. The standard InChI is InChI=1S/C50H65N8O6/c1-28(2)21-44(59)56-26-34(62-8)24-42(56)46-51-36-17-11-30(22-38(36)53-46)40-19-20-41(58(40)33-15-13-32(14-16-33)50(5,6)7)31-12-18-37-39(23-31)54-47(52-37)43-25-35(63-9)27-57(43)48(60)45(29(3)4)55-49(61)64-10/h11-18,21-23,28-29,34-35,40-43,45H,19-20,24-27H2,1-10H3,(H,51,53)(H,52,54)(H,55,61)/t34-,35-,40+,41+,42-,43-,45-/m0/s1. The van der Waals surface area contributed by atoms with Crippen LogP contribution in [0.5, 0.6) is 0 Å². The Kier molecular flexibility index (Phi) is 12.8. The Morgan fingerprint density at radius 1 is 0.734 bits per heavy atom. The number of alkyl carbamates (subject to hydrolysis) is 1. The molecule has 0 bridgehead atoms. The average molecular weight is 874 g/mol. The van der Waals surface area contributed by atoms with E-state index >= 15 is 0 Å². The maximum atomic E-state index is 14.1. The van der Waals surface area contributed by atoms with Gasteiger partial charge in [-0.05, 0) is 83.2 Å². The molecule has 0 saturated carbocycles. The molecule has 3 aromatic carbocycles. The van der Waals surface area contributed by atoms with Gasteiger partial charge in [0, 0.05) is 45.8 Å². The third-order valence-electron chi connectivity index (χ3n) is 13.5. The number of nitrogens with zero attached hydrogens (tertiary/aromatic N) is 5. The van der Waals surface area contributed by atoms with Crippen LogP contribution in [0.25, 0.3) is 22.1 Å². The molecule has 3 fully saturated rings. The van der Waals surface area contributed by atoms with Crippen LogP contribution in [0.2, 0.25) is 0 Å². The fraction of sp³-hybridized carbons (Fsp3) is 0.520. The molecule has 5 heterocycles. The number of imidazole rings is 2. The first-order valence-corrected chi connectivity index (χ1v) is 22.8. The number of ether oxygens (including phenoxy) is 3. The van der Waals surface area contributed by atoms with Crippen molar-refractivity contribution in [2.24, 2.45) is 11.8 Å². The number of benzene rings is 3. The van der Waals surface area contributed by atoms with E-state index in [0.29, 0.717) is 31.8 Å². The van der Waals surface area contributed by atoms with E-state index in [2.05, 4.69) is 102 Å². The van der Waals surface area contributed by atoms with E-state index in [1.165, 1.54) is 18.2 Å². The van der Waals surface area contributed by atoms with Gasteiger partial charge in [0.15, 0.2) is 0 Å². The van der Waals surface area contributed by atoms with Gasteiger partial charge < -0.3 is 44.2 Å². The van der Waals surface area contributed by atoms with Crippen molar-refractivity contribution in [1.82, 2.24) is 35.1 Å². The minimum Gasteiger partial charge on any atom is -0.453 e. The van der Waals surface area contributed by atoms with Gasteiger partial charge >= 0.3 is 6.09 Å². The highest BCUT2D eigenvalue weighted by Gasteiger charge is 2.43. The van der Waals surface area contributed by atoms with Crippen LogP contribution >= 0.6 is 0 Å². The number of aromatic nitrogens is 4. The quantitative estimate of drug-likeness (QED) is 0.112. The van der Waals surface area contributed by atoms with Gasteiger partial charge in [-0.2, -0.15) is 0 Å². The fourth-order valence-corrected chi connectivity index (χ4v) is 9.98. The van der Waals surface area contributed by atoms with E-state index in [9.17, 15) is 14.4 Å². The Morgan fingerprint density at radius 3 is 1.72 bits per heavy atom. The molecule has 0 spiro atoms. The molecule has 14 nitrogen and oxygen atoms in total. The Balaban J connectivity index is 1.11. The summed E-state index contributed by atoms with van der Waals surface area (Å²) in [5.74, 6) is 1.26. The Labute approximate surface area is 376 Å². The highest BCUT2D eigenvalue weighted by molar-refractivity contribution is 5.87. The molecular formula is C50H65N8O6. The summed E-state index contributed by atoms with van der Waals surface area (Å²) in [7, 11) is 4.66. The van der Waals surface area contributed by atoms with Crippen LogP contribution in [0.3, 0.4) is 0 Å². The smallest absolute Gasteiger partial charge is 0.407 e. The molecule has 2 aromatic heterocycles. The van der Waals surface area contributed by atoms with Gasteiger partial charge in [0.25, 0.3) is 0 Å². The number of rotatable bonds is 12. The van der Waals surface area contributed by atoms with Crippen LogP contribution in [0.1, 0.15) is 127 Å². The number of aromatic amines is 2. The Hall–Kier alpha value is -5.47. The third kappa shape index (κ3) is 8.95. The number of fused-ring (bicyclic) bond motifs is 2. The Bertz CT molecular complexity index is 2470. The molecule has 8 rings (SSSR count). The number of H-pyrrole nitrogens is 2. The summed E-state index contributed by atoms with van der Waals surface area (Å²) < 4.78 is 16.4. The molecule has 3 aliphatic heterocycles. The van der Waals surface area contributed by atoms with E-state index in [1.807, 2.05) is 32.6 Å². The first kappa shape index (κ1) is 45.1. The van der Waals surface area contributed by atoms with Crippen molar-refractivity contribution < 1.29 is 28.6 Å². The first-order valence-electron chi connectivity index (χ1n) is 22.8. The molecule has 64 heavy (non-hydrogen) atoms. The topological polar surface area (TPSA) is 158 Å². The van der Waals surface area contributed by atoms with Crippen molar-refractivity contribution in [2.45, 2.75) is 122 Å². The van der Waals surface area contributed by atoms with Crippen molar-refractivity contribution in [3.8, 4) is 0 Å². The lowest BCUT2D eigenvalue weighted by atomic mass is 9.87. The average Bonchev–Trinajstić information content (AvgIpc) is 4.12. The molecule has 3 aliphatic rings. The van der Waals surface area contributed by atoms with Crippen LogP contribution in [-0.4, -0.2) is 100 Å². The van der Waals surface area contributed by atoms with Crippen molar-refractivity contribution >= 4 is 45.7 Å². The van der Waals surface area contributed by atoms with Gasteiger partial charge in [-0.25, -0.2) is 14.8 Å². The van der Waals surface area contributed by atoms with Crippen molar-refractivity contribution in [3.05, 3.63) is 95.4 Å². The van der Waals surface area contributed by atoms with Gasteiger partial charge in [0.05, 0.1) is 72.0 Å². The maximum absolute atomic E-state index is 14.1. The molecular weight excluding hydrogens is 809 g/mol. The normalized spacial score (nSPS) is 23.3. The second kappa shape index (κ2) is 18.2. The summed E-state index contributed by atoms with van der Waals surface area (Å²) in [6.45, 7) is 15.5. The number of amides is 3. The minimum atomic E-state index is -0.763. The predicted octanol–water partition coefficient (Wildman–Crippen LogP) is 8.64. The zero-order valence-electron chi connectivity index (χ0n) is 39.0. The molecule has 0 unspecified atom stereocenters. The lowest BCUT2D eigenvalue weighted by molar-refractivity contribution is -0.136. The second-order valence-electron chi connectivity index (χ2n) is 19.6. The molecule has 14 heteroatoms. The number of hydrogen-bond donors (Lipinski definition) is 3. The Morgan fingerprint density at radius 2 is 1.25 bits per heavy atom. The molecule has 5 aromatic rings. The summed E-state index contributed by atoms with van der Waals surface area (Å²) in [6, 6.07) is 20.8. The number of carbonyl (C=O) groups is 3. The molecule has 7 atom stereocenters. The summed E-state index contributed by atoms with van der Waals surface area (Å²) in [6.07, 6.45) is 4.00. The largest absolute Gasteiger partial charge is 0.453 e. The zero-order valence-corrected chi connectivity index (χ0v) is 39.0. The van der Waals surface area contributed by atoms with Gasteiger partial charge in [-0.3, -0.25) is 9.59 Å². The number of hydrogen-bond acceptors (Lipinski definition) is 9. The van der Waals surface area contributed by atoms with Crippen LogP contribution in [-0.2, 0) is 29.2 Å². The monoisotopic (exact) mass is 874 g/mol. The maximum Gasteiger partial charge on any atom is 0.407 e. The zero-order chi connectivity index (χ0) is 45.6. The van der Waals surface area contributed by atoms with Gasteiger partial charge in [-0.1, -0.05) is 72.7 Å². The first-order chi connectivity index (χ1) is 30.6. The van der Waals surface area contributed by atoms with Crippen LogP contribution in [0.15, 0.2) is 60.7 Å². The SMILES string of the molecule is COC(=O)N[C@H](C(=O)N1C[C@@H](OC)C[C@H]1c1nc2cc([C@H]3CC[C@H](c4ccc5[nH]c([C@@H]6C[C@H](OC)CN6C(=O)[CH]C(C)C)nc5c4)N3c3ccc(C(C)(C)C)cc3)ccc2[nH]1)C(C)C. The molecule has 3 N–H and O–H groups in total. The number of methoxy groups -OCH3 is 3.